The number of benzene rings is 1. The van der Waals surface area contributed by atoms with Crippen LogP contribution in [0.15, 0.2) is 48.1 Å². The average molecular weight is 592 g/mol. The van der Waals surface area contributed by atoms with Gasteiger partial charge in [0, 0.05) is 5.66 Å². The molecule has 5 aliphatic rings. The molecule has 1 aromatic rings. The van der Waals surface area contributed by atoms with Gasteiger partial charge in [0.15, 0.2) is 0 Å². The molecule has 0 amide bonds. The summed E-state index contributed by atoms with van der Waals surface area (Å²) in [6.45, 7) is 0. The molecule has 5 aliphatic carbocycles. The van der Waals surface area contributed by atoms with Crippen molar-refractivity contribution in [2.24, 2.45) is 0 Å². The summed E-state index contributed by atoms with van der Waals surface area (Å²) in [6, 6.07) is 10.4. The van der Waals surface area contributed by atoms with Crippen LogP contribution in [0.25, 0.3) is 0 Å². The van der Waals surface area contributed by atoms with Crippen LogP contribution in [-0.2, 0) is 0 Å². The lowest BCUT2D eigenvalue weighted by atomic mass is 9.96. The van der Waals surface area contributed by atoms with Gasteiger partial charge in [0.25, 0.3) is 0 Å². The van der Waals surface area contributed by atoms with E-state index >= 15 is 0 Å². The molecule has 0 N–H and O–H groups in total. The molecule has 0 saturated heterocycles. The molecule has 0 spiro atoms. The first-order valence-corrected chi connectivity index (χ1v) is 20.9. The second-order valence-electron chi connectivity index (χ2n) is 14.4. The Morgan fingerprint density at radius 1 is 0.610 bits per heavy atom. The van der Waals surface area contributed by atoms with E-state index in [2.05, 4.69) is 61.5 Å². The largest absolute Gasteiger partial charge is 0.299 e. The fourth-order valence-corrected chi connectivity index (χ4v) is 17.9. The van der Waals surface area contributed by atoms with Crippen molar-refractivity contribution in [1.29, 1.82) is 0 Å². The Kier molecular flexibility index (Phi) is 11.2. The Balaban J connectivity index is 1.36. The minimum absolute atomic E-state index is 0.0107. The number of hydrogen-bond donors (Lipinski definition) is 0. The molecular formula is C38H59NP2. The van der Waals surface area contributed by atoms with E-state index in [1.807, 2.05) is 5.30 Å². The van der Waals surface area contributed by atoms with E-state index in [9.17, 15) is 0 Å². The highest BCUT2D eigenvalue weighted by molar-refractivity contribution is 7.67. The summed E-state index contributed by atoms with van der Waals surface area (Å²) < 4.78 is 0. The molecular weight excluding hydrogens is 532 g/mol. The highest BCUT2D eigenvalue weighted by Gasteiger charge is 2.41. The molecule has 4 saturated carbocycles. The lowest BCUT2D eigenvalue weighted by Gasteiger charge is -2.45. The number of likely N-dealkylation sites (N-methyl/N-ethyl adjacent to an activating group) is 1. The monoisotopic (exact) mass is 591 g/mol. The Hall–Kier alpha value is -0.480. The molecule has 6 rings (SSSR count). The molecule has 4 fully saturated rings. The van der Waals surface area contributed by atoms with Gasteiger partial charge < -0.3 is 0 Å². The van der Waals surface area contributed by atoms with Crippen LogP contribution in [0.5, 0.6) is 0 Å². The number of nitrogens with zero attached hydrogens (tertiary/aromatic N) is 1. The zero-order valence-corrected chi connectivity index (χ0v) is 28.3. The third-order valence-electron chi connectivity index (χ3n) is 11.5. The standard InChI is InChI=1S/C38H59NP2/c1-39(2)38(35-27-17-29-37(35)41(32-22-11-5-12-23-32)33-24-13-6-14-25-33)34-26-15-16-28-36(34)40(30-18-7-3-8-19-30)31-20-9-4-10-21-31/h15-17,26-33,37-38H,3-14,18-25H2,1-2H3/t37-,38-/m1/s1. The maximum Gasteiger partial charge on any atom is 0.0574 e. The highest BCUT2D eigenvalue weighted by atomic mass is 31.1. The van der Waals surface area contributed by atoms with Crippen molar-refractivity contribution in [3.8, 4) is 0 Å². The van der Waals surface area contributed by atoms with Gasteiger partial charge in [0.05, 0.1) is 6.04 Å². The van der Waals surface area contributed by atoms with Crippen LogP contribution in [0.2, 0.25) is 0 Å². The van der Waals surface area contributed by atoms with Gasteiger partial charge >= 0.3 is 0 Å². The number of allylic oxidation sites excluding steroid dienone is 3. The van der Waals surface area contributed by atoms with Crippen molar-refractivity contribution >= 4 is 21.1 Å². The summed E-state index contributed by atoms with van der Waals surface area (Å²) in [6.07, 6.45) is 37.5. The van der Waals surface area contributed by atoms with Gasteiger partial charge in [0.2, 0.25) is 0 Å². The maximum absolute atomic E-state index is 2.70. The minimum atomic E-state index is -0.107. The van der Waals surface area contributed by atoms with Gasteiger partial charge in [-0.15, -0.1) is 0 Å². The molecule has 0 radical (unpaired) electrons. The minimum Gasteiger partial charge on any atom is -0.299 e. The third-order valence-corrected chi connectivity index (χ3v) is 18.9. The van der Waals surface area contributed by atoms with E-state index in [1.54, 1.807) is 11.1 Å². The molecule has 0 heterocycles. The van der Waals surface area contributed by atoms with Crippen molar-refractivity contribution in [3.05, 3.63) is 53.6 Å². The van der Waals surface area contributed by atoms with Crippen LogP contribution >= 0.6 is 15.8 Å². The van der Waals surface area contributed by atoms with Crippen molar-refractivity contribution < 1.29 is 0 Å². The molecule has 0 unspecified atom stereocenters. The third kappa shape index (κ3) is 7.10. The summed E-state index contributed by atoms with van der Waals surface area (Å²) >= 11 is 0. The second-order valence-corrected chi connectivity index (χ2v) is 20.1. The smallest absolute Gasteiger partial charge is 0.0574 e. The zero-order valence-electron chi connectivity index (χ0n) is 26.5. The molecule has 2 atom stereocenters. The summed E-state index contributed by atoms with van der Waals surface area (Å²) in [7, 11) is 4.67. The number of rotatable bonds is 9. The van der Waals surface area contributed by atoms with E-state index in [0.717, 1.165) is 22.6 Å². The van der Waals surface area contributed by atoms with Crippen molar-refractivity contribution in [2.75, 3.05) is 14.1 Å². The van der Waals surface area contributed by atoms with Gasteiger partial charge in [-0.3, -0.25) is 4.90 Å². The van der Waals surface area contributed by atoms with Crippen LogP contribution in [0.1, 0.15) is 140 Å². The van der Waals surface area contributed by atoms with Gasteiger partial charge in [-0.2, -0.15) is 0 Å². The Morgan fingerprint density at radius 3 is 1.56 bits per heavy atom. The second kappa shape index (κ2) is 15.0. The van der Waals surface area contributed by atoms with Gasteiger partial charge in [-0.1, -0.05) is 135 Å². The van der Waals surface area contributed by atoms with E-state index < -0.39 is 0 Å². The van der Waals surface area contributed by atoms with E-state index in [-0.39, 0.29) is 15.8 Å². The topological polar surface area (TPSA) is 3.24 Å². The first-order chi connectivity index (χ1) is 20.2. The van der Waals surface area contributed by atoms with Crippen molar-refractivity contribution in [2.45, 2.75) is 163 Å². The van der Waals surface area contributed by atoms with Gasteiger partial charge in [-0.25, -0.2) is 0 Å². The van der Waals surface area contributed by atoms with Gasteiger partial charge in [-0.05, 0) is 105 Å². The summed E-state index contributed by atoms with van der Waals surface area (Å²) in [5, 5.41) is 1.81. The molecule has 1 aromatic carbocycles. The Bertz CT molecular complexity index is 969. The predicted octanol–water partition coefficient (Wildman–Crippen LogP) is 11.1. The van der Waals surface area contributed by atoms with Crippen molar-refractivity contribution in [3.63, 3.8) is 0 Å². The molecule has 1 nitrogen and oxygen atoms in total. The van der Waals surface area contributed by atoms with Crippen LogP contribution in [-0.4, -0.2) is 47.3 Å². The van der Waals surface area contributed by atoms with Crippen LogP contribution in [0.4, 0.5) is 0 Å². The normalized spacial score (nSPS) is 26.8. The molecule has 41 heavy (non-hydrogen) atoms. The zero-order chi connectivity index (χ0) is 28.0. The predicted molar refractivity (Wildman–Crippen MR) is 185 cm³/mol. The lowest BCUT2D eigenvalue weighted by Crippen LogP contribution is -2.34. The average Bonchev–Trinajstić information content (AvgIpc) is 3.49. The molecule has 0 bridgehead atoms. The summed E-state index contributed by atoms with van der Waals surface area (Å²) in [4.78, 5) is 2.62. The fraction of sp³-hybridized carbons (Fsp3) is 0.737. The molecule has 3 heteroatoms. The van der Waals surface area contributed by atoms with Crippen LogP contribution in [0, 0.1) is 0 Å². The Labute approximate surface area is 255 Å². The van der Waals surface area contributed by atoms with Gasteiger partial charge in [0.1, 0.15) is 0 Å². The Morgan fingerprint density at radius 2 is 1.07 bits per heavy atom. The maximum atomic E-state index is 2.70. The fourth-order valence-electron chi connectivity index (χ4n) is 9.64. The van der Waals surface area contributed by atoms with E-state index in [1.165, 1.54) is 128 Å². The summed E-state index contributed by atoms with van der Waals surface area (Å²) in [5.41, 5.74) is 8.08. The van der Waals surface area contributed by atoms with Crippen LogP contribution in [0.3, 0.4) is 0 Å². The first-order valence-electron chi connectivity index (χ1n) is 17.9. The van der Waals surface area contributed by atoms with E-state index in [4.69, 9.17) is 0 Å². The van der Waals surface area contributed by atoms with Crippen molar-refractivity contribution in [1.82, 2.24) is 4.90 Å². The molecule has 0 aromatic heterocycles. The quantitative estimate of drug-likeness (QED) is 0.258. The SMILES string of the molecule is CN(C)[C@@H](C1=CC=C[C@H]1P(C1CCCCC1)C1CCCCC1)c1ccccc1P(C1CCCCC1)C1CCCCC1. The first kappa shape index (κ1) is 30.5. The summed E-state index contributed by atoms with van der Waals surface area (Å²) in [5.74, 6) is 0. The lowest BCUT2D eigenvalue weighted by molar-refractivity contribution is 0.336. The van der Waals surface area contributed by atoms with E-state index in [0.29, 0.717) is 11.7 Å². The highest BCUT2D eigenvalue weighted by Crippen LogP contribution is 2.63. The molecule has 0 aliphatic heterocycles. The molecule has 226 valence electrons. The number of hydrogen-bond acceptors (Lipinski definition) is 1. The van der Waals surface area contributed by atoms with Crippen LogP contribution < -0.4 is 5.30 Å².